The van der Waals surface area contributed by atoms with Gasteiger partial charge in [-0.15, -0.1) is 0 Å². The minimum absolute atomic E-state index is 0. The van der Waals surface area contributed by atoms with Crippen molar-refractivity contribution in [3.8, 4) is 0 Å². The molecular weight excluding hydrogens is 639 g/mol. The van der Waals surface area contributed by atoms with Crippen molar-refractivity contribution in [1.82, 2.24) is 5.78 Å². The summed E-state index contributed by atoms with van der Waals surface area (Å²) in [5.74, 6) is 0.00953. The molecule has 0 spiro atoms. The van der Waals surface area contributed by atoms with Crippen molar-refractivity contribution < 1.29 is 67.0 Å². The second kappa shape index (κ2) is 11.3. The van der Waals surface area contributed by atoms with E-state index >= 15 is 0 Å². The van der Waals surface area contributed by atoms with E-state index in [2.05, 4.69) is 0 Å². The van der Waals surface area contributed by atoms with Crippen LogP contribution in [0.1, 0.15) is 43.0 Å². The molecule has 0 aliphatic rings. The summed E-state index contributed by atoms with van der Waals surface area (Å²) in [7, 11) is 3.61. The number of amides is 2. The standard InChI is InChI=1S/2C10H13NO.2BrH.Hf/c2*1-7-5-4-6-9(8(7)2)10(12)11-3;;;/h2*4-6H,1-3H3,(H,11,12);2*1H;/q;;;;+4/p-4. The second-order valence-electron chi connectivity index (χ2n) is 6.32. The molecule has 0 radical (unpaired) electrons. The minimum atomic E-state index is -1.79. The summed E-state index contributed by atoms with van der Waals surface area (Å²) in [5.41, 5.74) is 5.67. The third-order valence-electron chi connectivity index (χ3n) is 4.58. The predicted octanol–water partition coefficient (Wildman–Crippen LogP) is -2.32. The van der Waals surface area contributed by atoms with Crippen LogP contribution in [0.5, 0.6) is 0 Å². The number of aryl methyl sites for hydroxylation is 2. The van der Waals surface area contributed by atoms with E-state index in [1.807, 2.05) is 64.1 Å². The Morgan fingerprint density at radius 1 is 0.704 bits per heavy atom. The summed E-state index contributed by atoms with van der Waals surface area (Å²) < 4.78 is 3.54. The van der Waals surface area contributed by atoms with E-state index in [0.717, 1.165) is 33.4 Å². The SMILES string of the molecule is Cc1cccc(C(=O)[N](C)[Hf+2][N](C)C(=O)c2cccc(C)c2C)c1C.[Br-].[Br-]. The average molecular weight is 663 g/mol. The molecule has 0 saturated heterocycles. The van der Waals surface area contributed by atoms with E-state index in [9.17, 15) is 9.59 Å². The number of halogens is 2. The first-order chi connectivity index (χ1) is 11.7. The minimum Gasteiger partial charge on any atom is -1.00 e. The first-order valence-corrected chi connectivity index (χ1v) is 11.4. The summed E-state index contributed by atoms with van der Waals surface area (Å²) >= 11 is -1.79. The van der Waals surface area contributed by atoms with Crippen molar-refractivity contribution in [2.24, 2.45) is 0 Å². The number of hydrogen-bond acceptors (Lipinski definition) is 2. The van der Waals surface area contributed by atoms with Crippen molar-refractivity contribution in [2.75, 3.05) is 14.1 Å². The number of carbonyl (C=O) groups is 2. The van der Waals surface area contributed by atoms with Crippen molar-refractivity contribution in [2.45, 2.75) is 27.7 Å². The first-order valence-electron chi connectivity index (χ1n) is 8.19. The van der Waals surface area contributed by atoms with Gasteiger partial charge in [-0.05, 0) is 0 Å². The van der Waals surface area contributed by atoms with E-state index in [-0.39, 0.29) is 45.8 Å². The van der Waals surface area contributed by atoms with Gasteiger partial charge >= 0.3 is 162 Å². The van der Waals surface area contributed by atoms with E-state index < -0.39 is 23.5 Å². The molecule has 2 rings (SSSR count). The van der Waals surface area contributed by atoms with Gasteiger partial charge in [0.1, 0.15) is 0 Å². The Morgan fingerprint density at radius 2 is 1.04 bits per heavy atom. The molecule has 7 heteroatoms. The van der Waals surface area contributed by atoms with Gasteiger partial charge in [0.05, 0.1) is 0 Å². The quantitative estimate of drug-likeness (QED) is 0.346. The zero-order chi connectivity index (χ0) is 18.7. The van der Waals surface area contributed by atoms with Gasteiger partial charge in [0, 0.05) is 0 Å². The summed E-state index contributed by atoms with van der Waals surface area (Å²) in [6.07, 6.45) is 0. The maximum atomic E-state index is 12.8. The monoisotopic (exact) mass is 662 g/mol. The van der Waals surface area contributed by atoms with Crippen molar-refractivity contribution in [1.29, 1.82) is 0 Å². The first kappa shape index (κ1) is 26.2. The fourth-order valence-corrected chi connectivity index (χ4v) is 5.78. The van der Waals surface area contributed by atoms with Gasteiger partial charge in [-0.2, -0.15) is 0 Å². The topological polar surface area (TPSA) is 40.6 Å². The Kier molecular flexibility index (Phi) is 10.9. The van der Waals surface area contributed by atoms with E-state index in [1.165, 1.54) is 0 Å². The van der Waals surface area contributed by atoms with Gasteiger partial charge in [0.2, 0.25) is 0 Å². The third kappa shape index (κ3) is 6.09. The number of nitrogens with zero attached hydrogens (tertiary/aromatic N) is 2. The number of benzene rings is 2. The summed E-state index contributed by atoms with van der Waals surface area (Å²) in [5, 5.41) is 0. The van der Waals surface area contributed by atoms with Crippen LogP contribution in [0.15, 0.2) is 36.4 Å². The zero-order valence-corrected chi connectivity index (χ0v) is 23.2. The van der Waals surface area contributed by atoms with Gasteiger partial charge in [-0.3, -0.25) is 0 Å². The molecule has 2 amide bonds. The molecule has 0 atom stereocenters. The van der Waals surface area contributed by atoms with E-state index in [1.54, 1.807) is 19.9 Å². The van der Waals surface area contributed by atoms with Crippen LogP contribution < -0.4 is 34.0 Å². The molecule has 0 unspecified atom stereocenters. The molecule has 0 fully saturated rings. The molecule has 0 aliphatic carbocycles. The van der Waals surface area contributed by atoms with Gasteiger partial charge in [0.15, 0.2) is 0 Å². The van der Waals surface area contributed by atoms with Gasteiger partial charge in [-0.25, -0.2) is 0 Å². The Bertz CT molecular complexity index is 760. The number of carbonyl (C=O) groups excluding carboxylic acids is 2. The van der Waals surface area contributed by atoms with Crippen molar-refractivity contribution in [3.05, 3.63) is 69.8 Å². The van der Waals surface area contributed by atoms with Crippen LogP contribution in [-0.2, 0) is 23.5 Å². The predicted molar refractivity (Wildman–Crippen MR) is 96.0 cm³/mol. The van der Waals surface area contributed by atoms with Crippen LogP contribution >= 0.6 is 0 Å². The summed E-state index contributed by atoms with van der Waals surface area (Å²) in [6.45, 7) is 7.94. The molecule has 0 aliphatic heterocycles. The van der Waals surface area contributed by atoms with Crippen molar-refractivity contribution >= 4 is 11.8 Å². The van der Waals surface area contributed by atoms with Crippen molar-refractivity contribution in [3.63, 3.8) is 0 Å². The molecule has 0 N–H and O–H groups in total. The van der Waals surface area contributed by atoms with Crippen LogP contribution in [-0.4, -0.2) is 31.7 Å². The molecule has 0 saturated carbocycles. The smallest absolute Gasteiger partial charge is 1.00 e. The number of rotatable bonds is 4. The van der Waals surface area contributed by atoms with Gasteiger partial charge in [-0.1, -0.05) is 0 Å². The molecule has 27 heavy (non-hydrogen) atoms. The molecule has 2 aromatic carbocycles. The molecule has 0 aromatic heterocycles. The van der Waals surface area contributed by atoms with Crippen LogP contribution in [0.2, 0.25) is 0 Å². The van der Waals surface area contributed by atoms with Crippen LogP contribution in [0.3, 0.4) is 0 Å². The molecule has 2 aromatic rings. The molecule has 144 valence electrons. The Hall–Kier alpha value is -0.790. The van der Waals surface area contributed by atoms with E-state index in [4.69, 9.17) is 0 Å². The average Bonchev–Trinajstić information content (AvgIpc) is 2.58. The normalized spacial score (nSPS) is 9.41. The van der Waals surface area contributed by atoms with Crippen LogP contribution in [0.4, 0.5) is 0 Å². The fourth-order valence-electron chi connectivity index (χ4n) is 2.64. The molecule has 0 bridgehead atoms. The second-order valence-corrected chi connectivity index (χ2v) is 11.9. The summed E-state index contributed by atoms with van der Waals surface area (Å²) in [4.78, 5) is 25.5. The van der Waals surface area contributed by atoms with E-state index in [0.29, 0.717) is 0 Å². The number of hydrogen-bond donors (Lipinski definition) is 0. The molecular formula is C20H24Br2HfN2O2. The van der Waals surface area contributed by atoms with Gasteiger partial charge < -0.3 is 34.0 Å². The third-order valence-corrected chi connectivity index (χ3v) is 8.19. The largest absolute Gasteiger partial charge is 1.00 e. The fraction of sp³-hybridized carbons (Fsp3) is 0.300. The maximum Gasteiger partial charge on any atom is -1.00 e. The molecule has 4 nitrogen and oxygen atoms in total. The summed E-state index contributed by atoms with van der Waals surface area (Å²) in [6, 6.07) is 11.5. The Labute approximate surface area is 195 Å². The van der Waals surface area contributed by atoms with Gasteiger partial charge in [0.25, 0.3) is 0 Å². The van der Waals surface area contributed by atoms with Crippen LogP contribution in [0.25, 0.3) is 0 Å². The van der Waals surface area contributed by atoms with Crippen LogP contribution in [0, 0.1) is 27.7 Å². The maximum absolute atomic E-state index is 12.8. The Morgan fingerprint density at radius 3 is 1.37 bits per heavy atom. The molecule has 0 heterocycles. The Balaban J connectivity index is 0.00000338. The zero-order valence-electron chi connectivity index (χ0n) is 16.4.